The number of nitrogens with one attached hydrogen (secondary N) is 1. The number of thioether (sulfide) groups is 2. The van der Waals surface area contributed by atoms with Gasteiger partial charge in [0.1, 0.15) is 0 Å². The maximum Gasteiger partial charge on any atom is 0.0378 e. The first-order valence-corrected chi connectivity index (χ1v) is 9.29. The molecular weight excluding hydrogens is 286 g/mol. The van der Waals surface area contributed by atoms with Crippen LogP contribution in [0.5, 0.6) is 0 Å². The van der Waals surface area contributed by atoms with Crippen LogP contribution >= 0.6 is 23.5 Å². The second-order valence-corrected chi connectivity index (χ2v) is 8.39. The van der Waals surface area contributed by atoms with Crippen molar-refractivity contribution in [2.24, 2.45) is 0 Å². The van der Waals surface area contributed by atoms with E-state index in [-0.39, 0.29) is 0 Å². The Kier molecular flexibility index (Phi) is 6.05. The molecule has 1 aromatic rings. The number of nitrogens with zero attached hydrogens (tertiary/aromatic N) is 1. The van der Waals surface area contributed by atoms with Gasteiger partial charge in [0.2, 0.25) is 0 Å². The molecule has 1 saturated heterocycles. The number of nitrogen functional groups attached to an aromatic ring is 1. The summed E-state index contributed by atoms with van der Waals surface area (Å²) in [5.74, 6) is 1.22. The Hall–Kier alpha value is -0.390. The van der Waals surface area contributed by atoms with Crippen LogP contribution in [0.25, 0.3) is 0 Å². The average molecular weight is 312 g/mol. The van der Waals surface area contributed by atoms with Crippen molar-refractivity contribution in [2.75, 3.05) is 18.0 Å². The van der Waals surface area contributed by atoms with Crippen LogP contribution in [0.1, 0.15) is 26.3 Å². The minimum Gasteiger partial charge on any atom is -0.398 e. The van der Waals surface area contributed by atoms with Crippen molar-refractivity contribution in [3.05, 3.63) is 24.0 Å². The van der Waals surface area contributed by atoms with Crippen molar-refractivity contribution in [1.29, 1.82) is 0 Å². The number of aromatic nitrogens is 1. The summed E-state index contributed by atoms with van der Waals surface area (Å²) in [4.78, 5) is 4.21. The molecule has 5 heteroatoms. The van der Waals surface area contributed by atoms with Gasteiger partial charge in [0, 0.05) is 45.6 Å². The standard InChI is InChI=1S/C15H25N3S2/c1-4-18-14(7-12-8-17-6-5-13(12)16)15-9-19-10(2)11(3)20-15/h5-6,8,10-11,14-15,18H,4,7,9H2,1-3H3,(H2,16,17). The molecule has 0 spiro atoms. The molecule has 4 atom stereocenters. The van der Waals surface area contributed by atoms with Crippen LogP contribution in [-0.2, 0) is 6.42 Å². The third-order valence-electron chi connectivity index (χ3n) is 3.87. The predicted octanol–water partition coefficient (Wildman–Crippen LogP) is 2.81. The number of likely N-dealkylation sites (N-methyl/N-ethyl adjacent to an activating group) is 1. The quantitative estimate of drug-likeness (QED) is 0.876. The summed E-state index contributed by atoms with van der Waals surface area (Å²) in [5.41, 5.74) is 8.09. The van der Waals surface area contributed by atoms with Crippen molar-refractivity contribution in [2.45, 2.75) is 49.0 Å². The molecule has 1 aliphatic heterocycles. The third kappa shape index (κ3) is 4.06. The van der Waals surface area contributed by atoms with Gasteiger partial charge < -0.3 is 11.1 Å². The lowest BCUT2D eigenvalue weighted by atomic mass is 10.0. The highest BCUT2D eigenvalue weighted by Crippen LogP contribution is 2.37. The molecule has 112 valence electrons. The van der Waals surface area contributed by atoms with Gasteiger partial charge in [-0.25, -0.2) is 0 Å². The van der Waals surface area contributed by atoms with Gasteiger partial charge in [-0.2, -0.15) is 23.5 Å². The SMILES string of the molecule is CCNC(Cc1cnccc1N)C1CSC(C)C(C)S1. The molecule has 1 aromatic heterocycles. The summed E-state index contributed by atoms with van der Waals surface area (Å²) in [7, 11) is 0. The van der Waals surface area contributed by atoms with Crippen molar-refractivity contribution < 1.29 is 0 Å². The van der Waals surface area contributed by atoms with E-state index in [0.717, 1.165) is 29.5 Å². The molecule has 2 heterocycles. The molecule has 20 heavy (non-hydrogen) atoms. The van der Waals surface area contributed by atoms with E-state index in [4.69, 9.17) is 5.73 Å². The molecule has 0 radical (unpaired) electrons. The Morgan fingerprint density at radius 3 is 2.90 bits per heavy atom. The average Bonchev–Trinajstić information content (AvgIpc) is 2.44. The molecule has 1 aliphatic rings. The van der Waals surface area contributed by atoms with E-state index in [2.05, 4.69) is 54.6 Å². The number of hydrogen-bond donors (Lipinski definition) is 2. The van der Waals surface area contributed by atoms with Gasteiger partial charge in [0.05, 0.1) is 0 Å². The molecule has 3 nitrogen and oxygen atoms in total. The molecule has 0 aromatic carbocycles. The number of pyridine rings is 1. The summed E-state index contributed by atoms with van der Waals surface area (Å²) in [6.07, 6.45) is 4.63. The second kappa shape index (κ2) is 7.57. The zero-order valence-electron chi connectivity index (χ0n) is 12.5. The molecule has 4 unspecified atom stereocenters. The van der Waals surface area contributed by atoms with Crippen LogP contribution in [0.3, 0.4) is 0 Å². The topological polar surface area (TPSA) is 50.9 Å². The van der Waals surface area contributed by atoms with Crippen molar-refractivity contribution in [1.82, 2.24) is 10.3 Å². The van der Waals surface area contributed by atoms with Crippen molar-refractivity contribution in [3.63, 3.8) is 0 Å². The summed E-state index contributed by atoms with van der Waals surface area (Å²) in [6.45, 7) is 7.85. The van der Waals surface area contributed by atoms with Gasteiger partial charge in [-0.3, -0.25) is 4.98 Å². The van der Waals surface area contributed by atoms with E-state index in [1.54, 1.807) is 6.20 Å². The first-order valence-electron chi connectivity index (χ1n) is 7.30. The van der Waals surface area contributed by atoms with Crippen LogP contribution in [0.4, 0.5) is 5.69 Å². The third-order valence-corrected chi connectivity index (χ3v) is 7.42. The van der Waals surface area contributed by atoms with E-state index in [1.807, 2.05) is 12.3 Å². The minimum atomic E-state index is 0.471. The highest BCUT2D eigenvalue weighted by molar-refractivity contribution is 8.07. The Morgan fingerprint density at radius 2 is 2.25 bits per heavy atom. The lowest BCUT2D eigenvalue weighted by molar-refractivity contribution is 0.520. The normalized spacial score (nSPS) is 28.2. The predicted molar refractivity (Wildman–Crippen MR) is 92.6 cm³/mol. The van der Waals surface area contributed by atoms with E-state index in [9.17, 15) is 0 Å². The van der Waals surface area contributed by atoms with Crippen LogP contribution in [-0.4, -0.2) is 39.1 Å². The maximum atomic E-state index is 6.06. The van der Waals surface area contributed by atoms with E-state index in [1.165, 1.54) is 5.75 Å². The highest BCUT2D eigenvalue weighted by Gasteiger charge is 2.31. The number of anilines is 1. The van der Waals surface area contributed by atoms with E-state index >= 15 is 0 Å². The maximum absolute atomic E-state index is 6.06. The minimum absolute atomic E-state index is 0.471. The fraction of sp³-hybridized carbons (Fsp3) is 0.667. The zero-order valence-corrected chi connectivity index (χ0v) is 14.1. The van der Waals surface area contributed by atoms with Gasteiger partial charge >= 0.3 is 0 Å². The molecule has 1 fully saturated rings. The largest absolute Gasteiger partial charge is 0.398 e. The zero-order chi connectivity index (χ0) is 14.5. The molecule has 0 bridgehead atoms. The number of rotatable bonds is 5. The lowest BCUT2D eigenvalue weighted by Gasteiger charge is -2.36. The van der Waals surface area contributed by atoms with Crippen LogP contribution < -0.4 is 11.1 Å². The summed E-state index contributed by atoms with van der Waals surface area (Å²) in [6, 6.07) is 2.37. The van der Waals surface area contributed by atoms with E-state index in [0.29, 0.717) is 16.5 Å². The summed E-state index contributed by atoms with van der Waals surface area (Å²) < 4.78 is 0. The van der Waals surface area contributed by atoms with Crippen LogP contribution in [0.2, 0.25) is 0 Å². The first-order chi connectivity index (χ1) is 9.61. The summed E-state index contributed by atoms with van der Waals surface area (Å²) >= 11 is 4.22. The summed E-state index contributed by atoms with van der Waals surface area (Å²) in [5, 5.41) is 5.76. The Morgan fingerprint density at radius 1 is 1.45 bits per heavy atom. The smallest absolute Gasteiger partial charge is 0.0378 e. The van der Waals surface area contributed by atoms with Gasteiger partial charge in [0.25, 0.3) is 0 Å². The molecular formula is C15H25N3S2. The molecule has 3 N–H and O–H groups in total. The molecule has 0 amide bonds. The van der Waals surface area contributed by atoms with Gasteiger partial charge in [-0.1, -0.05) is 20.8 Å². The fourth-order valence-electron chi connectivity index (χ4n) is 2.46. The second-order valence-electron chi connectivity index (χ2n) is 5.36. The molecule has 0 aliphatic carbocycles. The van der Waals surface area contributed by atoms with Gasteiger partial charge in [0.15, 0.2) is 0 Å². The molecule has 0 saturated carbocycles. The molecule has 2 rings (SSSR count). The van der Waals surface area contributed by atoms with Crippen LogP contribution in [0.15, 0.2) is 18.5 Å². The van der Waals surface area contributed by atoms with Crippen molar-refractivity contribution >= 4 is 29.2 Å². The highest BCUT2D eigenvalue weighted by atomic mass is 32.2. The Bertz CT molecular complexity index is 427. The number of hydrogen-bond acceptors (Lipinski definition) is 5. The monoisotopic (exact) mass is 311 g/mol. The van der Waals surface area contributed by atoms with Crippen LogP contribution in [0, 0.1) is 0 Å². The van der Waals surface area contributed by atoms with Gasteiger partial charge in [-0.05, 0) is 24.6 Å². The fourth-order valence-corrected chi connectivity index (χ4v) is 5.59. The van der Waals surface area contributed by atoms with Crippen molar-refractivity contribution in [3.8, 4) is 0 Å². The van der Waals surface area contributed by atoms with E-state index < -0.39 is 0 Å². The first kappa shape index (κ1) is 16.0. The number of nitrogens with two attached hydrogens (primary N) is 1. The lowest BCUT2D eigenvalue weighted by Crippen LogP contribution is -2.44. The Balaban J connectivity index is 2.05. The Labute approximate surface area is 130 Å². The van der Waals surface area contributed by atoms with Gasteiger partial charge in [-0.15, -0.1) is 0 Å².